The molecule has 1 heterocycles. The Hall–Kier alpha value is -2.59. The van der Waals surface area contributed by atoms with Crippen LogP contribution in [-0.4, -0.2) is 30.8 Å². The molecule has 9 heteroatoms. The average Bonchev–Trinajstić information content (AvgIpc) is 3.24. The van der Waals surface area contributed by atoms with Crippen LogP contribution in [0, 0.1) is 0 Å². The summed E-state index contributed by atoms with van der Waals surface area (Å²) in [6, 6.07) is 19.1. The zero-order valence-electron chi connectivity index (χ0n) is 15.5. The number of amides is 1. The van der Waals surface area contributed by atoms with Crippen molar-refractivity contribution in [1.82, 2.24) is 9.62 Å². The second kappa shape index (κ2) is 9.27. The summed E-state index contributed by atoms with van der Waals surface area (Å²) in [6.07, 6.45) is 0. The van der Waals surface area contributed by atoms with Crippen molar-refractivity contribution in [3.8, 4) is 0 Å². The maximum absolute atomic E-state index is 12.8. The Bertz CT molecular complexity index is 1080. The fraction of sp³-hybridized carbons (Fsp3) is 0.100. The van der Waals surface area contributed by atoms with Gasteiger partial charge in [0.2, 0.25) is 10.0 Å². The van der Waals surface area contributed by atoms with Gasteiger partial charge in [-0.15, -0.1) is 11.3 Å². The summed E-state index contributed by atoms with van der Waals surface area (Å²) in [4.78, 5) is 12.7. The first-order valence-corrected chi connectivity index (χ1v) is 11.4. The van der Waals surface area contributed by atoms with Crippen molar-refractivity contribution in [3.05, 3.63) is 82.6 Å². The largest absolute Gasteiger partial charge is 0.332 e. The second-order valence-electron chi connectivity index (χ2n) is 6.16. The number of anilines is 1. The maximum atomic E-state index is 12.8. The first kappa shape index (κ1) is 21.1. The predicted molar refractivity (Wildman–Crippen MR) is 120 cm³/mol. The van der Waals surface area contributed by atoms with E-state index in [4.69, 9.17) is 12.2 Å². The van der Waals surface area contributed by atoms with Gasteiger partial charge in [-0.25, -0.2) is 8.42 Å². The molecule has 0 aliphatic heterocycles. The van der Waals surface area contributed by atoms with Crippen molar-refractivity contribution in [2.75, 3.05) is 12.4 Å². The van der Waals surface area contributed by atoms with Crippen molar-refractivity contribution in [1.29, 1.82) is 0 Å². The van der Waals surface area contributed by atoms with E-state index in [0.717, 1.165) is 5.56 Å². The van der Waals surface area contributed by atoms with Crippen LogP contribution in [0.5, 0.6) is 0 Å². The molecule has 0 aliphatic rings. The standard InChI is InChI=1S/C20H19N3O3S3/c1-23(14-15-6-3-2-4-7-15)29(25,26)17-11-9-16(10-12-17)21-20(27)22-19(24)18-8-5-13-28-18/h2-13H,14H2,1H3,(H2,21,22,24,27). The van der Waals surface area contributed by atoms with E-state index in [1.165, 1.54) is 27.8 Å². The quantitative estimate of drug-likeness (QED) is 0.566. The van der Waals surface area contributed by atoms with Crippen molar-refractivity contribution < 1.29 is 13.2 Å². The van der Waals surface area contributed by atoms with Crippen LogP contribution in [0.2, 0.25) is 0 Å². The van der Waals surface area contributed by atoms with Crippen molar-refractivity contribution in [3.63, 3.8) is 0 Å². The molecule has 1 aromatic heterocycles. The molecule has 0 saturated heterocycles. The molecule has 3 aromatic rings. The lowest BCUT2D eigenvalue weighted by Gasteiger charge is -2.17. The van der Waals surface area contributed by atoms with Crippen LogP contribution in [0.3, 0.4) is 0 Å². The molecule has 0 unspecified atom stereocenters. The van der Waals surface area contributed by atoms with Crippen molar-refractivity contribution >= 4 is 50.3 Å². The van der Waals surface area contributed by atoms with Crippen LogP contribution < -0.4 is 10.6 Å². The number of nitrogens with zero attached hydrogens (tertiary/aromatic N) is 1. The Morgan fingerprint density at radius 1 is 1.03 bits per heavy atom. The third-order valence-electron chi connectivity index (χ3n) is 4.04. The Kier molecular flexibility index (Phi) is 6.75. The van der Waals surface area contributed by atoms with E-state index in [9.17, 15) is 13.2 Å². The summed E-state index contributed by atoms with van der Waals surface area (Å²) in [5.41, 5.74) is 1.48. The van der Waals surface area contributed by atoms with E-state index >= 15 is 0 Å². The number of nitrogens with one attached hydrogen (secondary N) is 2. The van der Waals surface area contributed by atoms with Crippen molar-refractivity contribution in [2.45, 2.75) is 11.4 Å². The molecule has 2 N–H and O–H groups in total. The Balaban J connectivity index is 1.62. The minimum atomic E-state index is -3.63. The normalized spacial score (nSPS) is 11.2. The number of benzene rings is 2. The van der Waals surface area contributed by atoms with Gasteiger partial charge in [-0.1, -0.05) is 36.4 Å². The molecule has 6 nitrogen and oxygen atoms in total. The Labute approximate surface area is 179 Å². The number of carbonyl (C=O) groups excluding carboxylic acids is 1. The highest BCUT2D eigenvalue weighted by Gasteiger charge is 2.20. The zero-order valence-corrected chi connectivity index (χ0v) is 18.0. The van der Waals surface area contributed by atoms with Gasteiger partial charge in [0.15, 0.2) is 5.11 Å². The van der Waals surface area contributed by atoms with Gasteiger partial charge in [-0.05, 0) is 53.5 Å². The number of carbonyl (C=O) groups is 1. The fourth-order valence-corrected chi connectivity index (χ4v) is 4.54. The number of sulfonamides is 1. The molecule has 0 radical (unpaired) electrons. The lowest BCUT2D eigenvalue weighted by molar-refractivity contribution is 0.0981. The number of rotatable bonds is 6. The molecule has 3 rings (SSSR count). The van der Waals surface area contributed by atoms with Crippen LogP contribution in [0.4, 0.5) is 5.69 Å². The Morgan fingerprint density at radius 2 is 1.72 bits per heavy atom. The van der Waals surface area contributed by atoms with Gasteiger partial charge in [0.1, 0.15) is 0 Å². The van der Waals surface area contributed by atoms with Gasteiger partial charge in [0.25, 0.3) is 5.91 Å². The lowest BCUT2D eigenvalue weighted by atomic mass is 10.2. The fourth-order valence-electron chi connectivity index (χ4n) is 2.55. The number of hydrogen-bond donors (Lipinski definition) is 2. The van der Waals surface area contributed by atoms with Crippen LogP contribution in [0.15, 0.2) is 77.0 Å². The third-order valence-corrected chi connectivity index (χ3v) is 6.93. The van der Waals surface area contributed by atoms with E-state index in [1.54, 1.807) is 36.7 Å². The molecule has 0 aliphatic carbocycles. The molecule has 2 aromatic carbocycles. The maximum Gasteiger partial charge on any atom is 0.267 e. The first-order valence-electron chi connectivity index (χ1n) is 8.62. The van der Waals surface area contributed by atoms with Crippen LogP contribution in [0.1, 0.15) is 15.2 Å². The van der Waals surface area contributed by atoms with Gasteiger partial charge >= 0.3 is 0 Å². The minimum Gasteiger partial charge on any atom is -0.332 e. The van der Waals surface area contributed by atoms with Gasteiger partial charge in [0, 0.05) is 19.3 Å². The third kappa shape index (κ3) is 5.48. The smallest absolute Gasteiger partial charge is 0.267 e. The van der Waals surface area contributed by atoms with E-state index in [1.807, 2.05) is 30.3 Å². The van der Waals surface area contributed by atoms with Crippen molar-refractivity contribution in [2.24, 2.45) is 0 Å². The topological polar surface area (TPSA) is 78.5 Å². The highest BCUT2D eigenvalue weighted by atomic mass is 32.2. The van der Waals surface area contributed by atoms with Gasteiger partial charge < -0.3 is 5.32 Å². The molecule has 150 valence electrons. The predicted octanol–water partition coefficient (Wildman–Crippen LogP) is 3.70. The summed E-state index contributed by atoms with van der Waals surface area (Å²) >= 11 is 6.46. The minimum absolute atomic E-state index is 0.139. The molecule has 0 spiro atoms. The molecule has 0 atom stereocenters. The van der Waals surface area contributed by atoms with Crippen LogP contribution in [0.25, 0.3) is 0 Å². The summed E-state index contributed by atoms with van der Waals surface area (Å²) in [6.45, 7) is 0.280. The summed E-state index contributed by atoms with van der Waals surface area (Å²) in [5.74, 6) is -0.292. The SMILES string of the molecule is CN(Cc1ccccc1)S(=O)(=O)c1ccc(NC(=S)NC(=O)c2cccs2)cc1. The monoisotopic (exact) mass is 445 g/mol. The molecule has 29 heavy (non-hydrogen) atoms. The number of thiocarbonyl (C=S) groups is 1. The first-order chi connectivity index (χ1) is 13.9. The van der Waals surface area contributed by atoms with Gasteiger partial charge in [0.05, 0.1) is 9.77 Å². The summed E-state index contributed by atoms with van der Waals surface area (Å²) < 4.78 is 26.8. The van der Waals surface area contributed by atoms with E-state index in [-0.39, 0.29) is 22.5 Å². The van der Waals surface area contributed by atoms with Gasteiger partial charge in [-0.3, -0.25) is 10.1 Å². The van der Waals surface area contributed by atoms with E-state index in [0.29, 0.717) is 10.6 Å². The highest BCUT2D eigenvalue weighted by Crippen LogP contribution is 2.19. The number of hydrogen-bond acceptors (Lipinski definition) is 5. The molecule has 0 fully saturated rings. The lowest BCUT2D eigenvalue weighted by Crippen LogP contribution is -2.33. The molecule has 0 bridgehead atoms. The highest BCUT2D eigenvalue weighted by molar-refractivity contribution is 7.89. The second-order valence-corrected chi connectivity index (χ2v) is 9.56. The average molecular weight is 446 g/mol. The van der Waals surface area contributed by atoms with E-state index < -0.39 is 10.0 Å². The van der Waals surface area contributed by atoms with Crippen LogP contribution in [-0.2, 0) is 16.6 Å². The summed E-state index contributed by atoms with van der Waals surface area (Å²) in [5, 5.41) is 7.41. The molecule has 1 amide bonds. The molecular formula is C20H19N3O3S3. The zero-order chi connectivity index (χ0) is 20.9. The van der Waals surface area contributed by atoms with E-state index in [2.05, 4.69) is 10.6 Å². The Morgan fingerprint density at radius 3 is 2.34 bits per heavy atom. The molecule has 0 saturated carbocycles. The van der Waals surface area contributed by atoms with Crippen LogP contribution >= 0.6 is 23.6 Å². The number of thiophene rings is 1. The summed E-state index contributed by atoms with van der Waals surface area (Å²) in [7, 11) is -2.08. The molecular weight excluding hydrogens is 426 g/mol. The van der Waals surface area contributed by atoms with Gasteiger partial charge in [-0.2, -0.15) is 4.31 Å².